The highest BCUT2D eigenvalue weighted by molar-refractivity contribution is 7.92. The van der Waals surface area contributed by atoms with Gasteiger partial charge in [-0.05, 0) is 48.4 Å². The number of halogens is 1. The van der Waals surface area contributed by atoms with Crippen LogP contribution in [0.5, 0.6) is 5.75 Å². The zero-order chi connectivity index (χ0) is 31.0. The van der Waals surface area contributed by atoms with Crippen LogP contribution in [0.4, 0.5) is 5.69 Å². The lowest BCUT2D eigenvalue weighted by Gasteiger charge is -2.33. The molecule has 8 nitrogen and oxygen atoms in total. The van der Waals surface area contributed by atoms with Crippen molar-refractivity contribution in [2.75, 3.05) is 25.0 Å². The lowest BCUT2D eigenvalue weighted by molar-refractivity contribution is -0.139. The fourth-order valence-corrected chi connectivity index (χ4v) is 6.26. The summed E-state index contributed by atoms with van der Waals surface area (Å²) >= 11 is 6.49. The molecule has 1 atom stereocenters. The molecule has 4 rings (SSSR count). The molecule has 0 spiro atoms. The van der Waals surface area contributed by atoms with Gasteiger partial charge in [-0.25, -0.2) is 8.42 Å². The van der Waals surface area contributed by atoms with Crippen molar-refractivity contribution in [2.45, 2.75) is 30.8 Å². The normalized spacial score (nSPS) is 11.8. The molecule has 0 unspecified atom stereocenters. The maximum Gasteiger partial charge on any atom is 0.264 e. The molecule has 224 valence electrons. The van der Waals surface area contributed by atoms with Gasteiger partial charge in [0.05, 0.1) is 17.7 Å². The SMILES string of the molecule is CNC(=O)[C@@H](Cc1ccccc1)N(Cc1ccccc1Cl)C(=O)CN(c1cccc(OC)c1)S(=O)(=O)c1ccc(C)cc1. The average Bonchev–Trinajstić information content (AvgIpc) is 3.02. The Morgan fingerprint density at radius 2 is 1.58 bits per heavy atom. The van der Waals surface area contributed by atoms with Crippen molar-refractivity contribution < 1.29 is 22.7 Å². The van der Waals surface area contributed by atoms with E-state index >= 15 is 0 Å². The van der Waals surface area contributed by atoms with E-state index in [4.69, 9.17) is 16.3 Å². The van der Waals surface area contributed by atoms with Gasteiger partial charge in [0.1, 0.15) is 18.3 Å². The summed E-state index contributed by atoms with van der Waals surface area (Å²) in [4.78, 5) is 29.1. The number of carbonyl (C=O) groups excluding carboxylic acids is 2. The molecule has 0 aliphatic rings. The summed E-state index contributed by atoms with van der Waals surface area (Å²) in [5, 5.41) is 3.09. The van der Waals surface area contributed by atoms with E-state index in [1.807, 2.05) is 37.3 Å². The third-order valence-corrected chi connectivity index (χ3v) is 9.20. The molecule has 0 bridgehead atoms. The minimum absolute atomic E-state index is 0.0139. The molecule has 2 amide bonds. The maximum absolute atomic E-state index is 14.3. The molecular weight excluding hydrogens is 586 g/mol. The lowest BCUT2D eigenvalue weighted by Crippen LogP contribution is -2.53. The summed E-state index contributed by atoms with van der Waals surface area (Å²) in [6.45, 7) is 1.27. The predicted molar refractivity (Wildman–Crippen MR) is 169 cm³/mol. The Balaban J connectivity index is 1.81. The van der Waals surface area contributed by atoms with Gasteiger partial charge < -0.3 is 15.0 Å². The number of hydrogen-bond acceptors (Lipinski definition) is 5. The van der Waals surface area contributed by atoms with Crippen LogP contribution < -0.4 is 14.4 Å². The number of carbonyl (C=O) groups is 2. The zero-order valence-corrected chi connectivity index (χ0v) is 25.8. The number of likely N-dealkylation sites (N-methyl/N-ethyl adjacent to an activating group) is 1. The van der Waals surface area contributed by atoms with Gasteiger partial charge in [0.2, 0.25) is 11.8 Å². The maximum atomic E-state index is 14.3. The van der Waals surface area contributed by atoms with Crippen molar-refractivity contribution in [2.24, 2.45) is 0 Å². The molecule has 0 heterocycles. The van der Waals surface area contributed by atoms with E-state index in [9.17, 15) is 18.0 Å². The lowest BCUT2D eigenvalue weighted by atomic mass is 10.0. The highest BCUT2D eigenvalue weighted by Crippen LogP contribution is 2.28. The van der Waals surface area contributed by atoms with Gasteiger partial charge in [0.25, 0.3) is 10.0 Å². The number of nitrogens with zero attached hydrogens (tertiary/aromatic N) is 2. The van der Waals surface area contributed by atoms with E-state index in [0.717, 1.165) is 15.4 Å². The third kappa shape index (κ3) is 7.74. The number of amides is 2. The van der Waals surface area contributed by atoms with Crippen LogP contribution in [0.15, 0.2) is 108 Å². The van der Waals surface area contributed by atoms with Crippen molar-refractivity contribution in [1.29, 1.82) is 0 Å². The van der Waals surface area contributed by atoms with E-state index in [1.54, 1.807) is 60.7 Å². The Morgan fingerprint density at radius 1 is 0.907 bits per heavy atom. The molecule has 0 fully saturated rings. The van der Waals surface area contributed by atoms with Crippen LogP contribution in [-0.2, 0) is 32.6 Å². The second kappa shape index (κ2) is 14.2. The third-order valence-electron chi connectivity index (χ3n) is 7.05. The first-order valence-electron chi connectivity index (χ1n) is 13.7. The number of ether oxygens (including phenoxy) is 1. The van der Waals surface area contributed by atoms with Crippen LogP contribution in [0.2, 0.25) is 5.02 Å². The topological polar surface area (TPSA) is 96.0 Å². The van der Waals surface area contributed by atoms with Gasteiger partial charge in [-0.15, -0.1) is 0 Å². The molecule has 10 heteroatoms. The molecule has 1 N–H and O–H groups in total. The molecule has 0 aromatic heterocycles. The average molecular weight is 620 g/mol. The summed E-state index contributed by atoms with van der Waals surface area (Å²) in [7, 11) is -1.23. The molecule has 0 radical (unpaired) electrons. The summed E-state index contributed by atoms with van der Waals surface area (Å²) in [6.07, 6.45) is 0.209. The number of methoxy groups -OCH3 is 1. The minimum Gasteiger partial charge on any atom is -0.497 e. The van der Waals surface area contributed by atoms with Gasteiger partial charge in [0, 0.05) is 31.1 Å². The molecule has 4 aromatic rings. The van der Waals surface area contributed by atoms with Crippen LogP contribution in [-0.4, -0.2) is 51.9 Å². The molecule has 4 aromatic carbocycles. The highest BCUT2D eigenvalue weighted by Gasteiger charge is 2.34. The minimum atomic E-state index is -4.21. The second-order valence-electron chi connectivity index (χ2n) is 9.96. The quantitative estimate of drug-likeness (QED) is 0.234. The fourth-order valence-electron chi connectivity index (χ4n) is 4.66. The highest BCUT2D eigenvalue weighted by atomic mass is 35.5. The van der Waals surface area contributed by atoms with Crippen molar-refractivity contribution in [3.05, 3.63) is 125 Å². The Labute approximate surface area is 257 Å². The number of anilines is 1. The van der Waals surface area contributed by atoms with Gasteiger partial charge in [0.15, 0.2) is 0 Å². The summed E-state index contributed by atoms with van der Waals surface area (Å²) in [6, 6.07) is 28.3. The van der Waals surface area contributed by atoms with Crippen molar-refractivity contribution >= 4 is 39.1 Å². The molecule has 0 aliphatic carbocycles. The van der Waals surface area contributed by atoms with E-state index in [2.05, 4.69) is 5.32 Å². The molecule has 0 saturated carbocycles. The van der Waals surface area contributed by atoms with E-state index in [0.29, 0.717) is 16.3 Å². The fraction of sp³-hybridized carbons (Fsp3) is 0.212. The number of aryl methyl sites for hydroxylation is 1. The number of hydrogen-bond donors (Lipinski definition) is 1. The Hall–Kier alpha value is -4.34. The smallest absolute Gasteiger partial charge is 0.264 e. The molecule has 43 heavy (non-hydrogen) atoms. The first kappa shape index (κ1) is 31.6. The van der Waals surface area contributed by atoms with E-state index in [1.165, 1.54) is 31.2 Å². The van der Waals surface area contributed by atoms with Gasteiger partial charge in [-0.2, -0.15) is 0 Å². The number of nitrogens with one attached hydrogen (secondary N) is 1. The second-order valence-corrected chi connectivity index (χ2v) is 12.2. The molecular formula is C33H34ClN3O5S. The number of sulfonamides is 1. The number of rotatable bonds is 12. The predicted octanol–water partition coefficient (Wildman–Crippen LogP) is 5.24. The van der Waals surface area contributed by atoms with E-state index < -0.39 is 34.4 Å². The van der Waals surface area contributed by atoms with Crippen LogP contribution in [0, 0.1) is 6.92 Å². The van der Waals surface area contributed by atoms with Crippen molar-refractivity contribution in [3.63, 3.8) is 0 Å². The van der Waals surface area contributed by atoms with E-state index in [-0.39, 0.29) is 23.5 Å². The first-order valence-corrected chi connectivity index (χ1v) is 15.5. The van der Waals surface area contributed by atoms with Gasteiger partial charge in [-0.1, -0.05) is 83.9 Å². The van der Waals surface area contributed by atoms with Crippen LogP contribution >= 0.6 is 11.6 Å². The van der Waals surface area contributed by atoms with Crippen molar-refractivity contribution in [1.82, 2.24) is 10.2 Å². The van der Waals surface area contributed by atoms with Crippen LogP contribution in [0.3, 0.4) is 0 Å². The van der Waals surface area contributed by atoms with Crippen LogP contribution in [0.25, 0.3) is 0 Å². The standard InChI is InChI=1S/C33H34ClN3O5S/c1-24-16-18-29(19-17-24)43(40,41)37(27-13-9-14-28(21-27)42-3)23-32(38)36(22-26-12-7-8-15-30(26)34)31(33(39)35-2)20-25-10-5-4-6-11-25/h4-19,21,31H,20,22-23H2,1-3H3,(H,35,39)/t31-/m1/s1. The Kier molecular flexibility index (Phi) is 10.4. The largest absolute Gasteiger partial charge is 0.497 e. The van der Waals surface area contributed by atoms with Gasteiger partial charge >= 0.3 is 0 Å². The summed E-state index contributed by atoms with van der Waals surface area (Å²) in [5.74, 6) is -0.546. The molecule has 0 aliphatic heterocycles. The summed E-state index contributed by atoms with van der Waals surface area (Å²) in [5.41, 5.74) is 2.59. The Bertz CT molecular complexity index is 1660. The van der Waals surface area contributed by atoms with Crippen molar-refractivity contribution in [3.8, 4) is 5.75 Å². The van der Waals surface area contributed by atoms with Crippen LogP contribution in [0.1, 0.15) is 16.7 Å². The van der Waals surface area contributed by atoms with Gasteiger partial charge in [-0.3, -0.25) is 13.9 Å². The number of benzene rings is 4. The zero-order valence-electron chi connectivity index (χ0n) is 24.2. The monoisotopic (exact) mass is 619 g/mol. The summed E-state index contributed by atoms with van der Waals surface area (Å²) < 4.78 is 34.6. The Morgan fingerprint density at radius 3 is 2.23 bits per heavy atom. The first-order chi connectivity index (χ1) is 20.6. The molecule has 0 saturated heterocycles.